The van der Waals surface area contributed by atoms with Gasteiger partial charge in [-0.05, 0) is 49.6 Å². The highest BCUT2D eigenvalue weighted by Crippen LogP contribution is 2.25. The van der Waals surface area contributed by atoms with Crippen molar-refractivity contribution in [3.05, 3.63) is 34.4 Å². The molecule has 1 aromatic carbocycles. The van der Waals surface area contributed by atoms with E-state index in [0.29, 0.717) is 0 Å². The van der Waals surface area contributed by atoms with Crippen molar-refractivity contribution in [1.82, 2.24) is 0 Å². The van der Waals surface area contributed by atoms with Gasteiger partial charge in [0, 0.05) is 11.8 Å². The number of aryl methyl sites for hydroxylation is 3. The average Bonchev–Trinajstić information content (AvgIpc) is 2.27. The van der Waals surface area contributed by atoms with Gasteiger partial charge in [0.05, 0.1) is 0 Å². The van der Waals surface area contributed by atoms with Crippen LogP contribution in [-0.4, -0.2) is 11.5 Å². The highest BCUT2D eigenvalue weighted by atomic mass is 32.2. The maximum absolute atomic E-state index is 6.34. The topological polar surface area (TPSA) is 26.0 Å². The summed E-state index contributed by atoms with van der Waals surface area (Å²) in [4.78, 5) is 0. The molecule has 0 radical (unpaired) electrons. The number of thioether (sulfide) groups is 1. The quantitative estimate of drug-likeness (QED) is 0.733. The zero-order valence-electron chi connectivity index (χ0n) is 12.3. The van der Waals surface area contributed by atoms with E-state index in [9.17, 15) is 0 Å². The number of unbranched alkanes of at least 4 members (excludes halogenated alkanes) is 2. The third-order valence-corrected chi connectivity index (χ3v) is 4.47. The summed E-state index contributed by atoms with van der Waals surface area (Å²) in [5, 5.41) is 0. The zero-order valence-corrected chi connectivity index (χ0v) is 13.1. The molecule has 0 heterocycles. The summed E-state index contributed by atoms with van der Waals surface area (Å²) < 4.78 is 0. The summed E-state index contributed by atoms with van der Waals surface area (Å²) in [6, 6.07) is 4.66. The lowest BCUT2D eigenvalue weighted by Crippen LogP contribution is -2.16. The molecule has 102 valence electrons. The Hall–Kier alpha value is -0.470. The monoisotopic (exact) mass is 265 g/mol. The van der Waals surface area contributed by atoms with Gasteiger partial charge in [-0.15, -0.1) is 0 Å². The SMILES string of the molecule is CCCCCSCC(N)c1c(C)cc(C)cc1C. The molecule has 1 nitrogen and oxygen atoms in total. The van der Waals surface area contributed by atoms with Crippen molar-refractivity contribution in [2.24, 2.45) is 5.73 Å². The molecule has 1 unspecified atom stereocenters. The van der Waals surface area contributed by atoms with Crippen LogP contribution in [0.25, 0.3) is 0 Å². The van der Waals surface area contributed by atoms with Crippen LogP contribution in [0.5, 0.6) is 0 Å². The van der Waals surface area contributed by atoms with Gasteiger partial charge in [-0.2, -0.15) is 11.8 Å². The second-order valence-corrected chi connectivity index (χ2v) is 6.35. The van der Waals surface area contributed by atoms with E-state index in [4.69, 9.17) is 5.73 Å². The lowest BCUT2D eigenvalue weighted by Gasteiger charge is -2.18. The molecular formula is C16H27NS. The fraction of sp³-hybridized carbons (Fsp3) is 0.625. The molecule has 0 fully saturated rings. The minimum atomic E-state index is 0.178. The van der Waals surface area contributed by atoms with Crippen LogP contribution in [-0.2, 0) is 0 Å². The fourth-order valence-corrected chi connectivity index (χ4v) is 3.52. The van der Waals surface area contributed by atoms with Crippen molar-refractivity contribution in [3.63, 3.8) is 0 Å². The van der Waals surface area contributed by atoms with E-state index >= 15 is 0 Å². The molecule has 0 aromatic heterocycles. The van der Waals surface area contributed by atoms with Gasteiger partial charge in [0.2, 0.25) is 0 Å². The summed E-state index contributed by atoms with van der Waals surface area (Å²) in [6.07, 6.45) is 3.95. The van der Waals surface area contributed by atoms with E-state index < -0.39 is 0 Å². The van der Waals surface area contributed by atoms with E-state index in [1.165, 1.54) is 47.3 Å². The molecule has 18 heavy (non-hydrogen) atoms. The van der Waals surface area contributed by atoms with Crippen molar-refractivity contribution in [3.8, 4) is 0 Å². The maximum atomic E-state index is 6.34. The average molecular weight is 265 g/mol. The van der Waals surface area contributed by atoms with Crippen LogP contribution >= 0.6 is 11.8 Å². The Kier molecular flexibility index (Phi) is 6.80. The lowest BCUT2D eigenvalue weighted by atomic mass is 9.95. The maximum Gasteiger partial charge on any atom is 0.0392 e. The van der Waals surface area contributed by atoms with Gasteiger partial charge in [-0.3, -0.25) is 0 Å². The minimum absolute atomic E-state index is 0.178. The van der Waals surface area contributed by atoms with E-state index in [-0.39, 0.29) is 6.04 Å². The summed E-state index contributed by atoms with van der Waals surface area (Å²) in [6.45, 7) is 8.75. The van der Waals surface area contributed by atoms with Crippen molar-refractivity contribution >= 4 is 11.8 Å². The molecule has 2 heteroatoms. The van der Waals surface area contributed by atoms with E-state index in [1.54, 1.807) is 0 Å². The first kappa shape index (κ1) is 15.6. The third kappa shape index (κ3) is 4.66. The van der Waals surface area contributed by atoms with Crippen molar-refractivity contribution in [2.75, 3.05) is 11.5 Å². The minimum Gasteiger partial charge on any atom is -0.323 e. The largest absolute Gasteiger partial charge is 0.323 e. The summed E-state index contributed by atoms with van der Waals surface area (Å²) in [5.41, 5.74) is 11.7. The normalized spacial score (nSPS) is 12.7. The number of benzene rings is 1. The van der Waals surface area contributed by atoms with Gasteiger partial charge in [-0.25, -0.2) is 0 Å². The molecule has 0 amide bonds. The number of hydrogen-bond acceptors (Lipinski definition) is 2. The van der Waals surface area contributed by atoms with Gasteiger partial charge in [0.25, 0.3) is 0 Å². The summed E-state index contributed by atoms with van der Waals surface area (Å²) >= 11 is 1.99. The summed E-state index contributed by atoms with van der Waals surface area (Å²) in [5.74, 6) is 2.28. The first-order valence-corrected chi connectivity index (χ1v) is 8.12. The third-order valence-electron chi connectivity index (χ3n) is 3.30. The Morgan fingerprint density at radius 2 is 1.72 bits per heavy atom. The smallest absolute Gasteiger partial charge is 0.0392 e. The molecule has 0 aliphatic heterocycles. The predicted octanol–water partition coefficient (Wildman–Crippen LogP) is 4.54. The van der Waals surface area contributed by atoms with Crippen LogP contribution in [0.1, 0.15) is 54.5 Å². The number of nitrogens with two attached hydrogens (primary N) is 1. The van der Waals surface area contributed by atoms with Crippen LogP contribution in [0.3, 0.4) is 0 Å². The molecule has 0 aliphatic carbocycles. The van der Waals surface area contributed by atoms with Gasteiger partial charge in [0.1, 0.15) is 0 Å². The first-order chi connectivity index (χ1) is 8.56. The standard InChI is InChI=1S/C16H27NS/c1-5-6-7-8-18-11-15(17)16-13(3)9-12(2)10-14(16)4/h9-10,15H,5-8,11,17H2,1-4H3. The van der Waals surface area contributed by atoms with Crippen LogP contribution < -0.4 is 5.73 Å². The zero-order chi connectivity index (χ0) is 13.5. The van der Waals surface area contributed by atoms with Crippen LogP contribution in [0.4, 0.5) is 0 Å². The molecule has 0 bridgehead atoms. The molecule has 0 spiro atoms. The Bertz CT molecular complexity index is 350. The van der Waals surface area contributed by atoms with E-state index in [2.05, 4.69) is 39.8 Å². The van der Waals surface area contributed by atoms with Gasteiger partial charge < -0.3 is 5.73 Å². The van der Waals surface area contributed by atoms with Crippen LogP contribution in [0.15, 0.2) is 12.1 Å². The fourth-order valence-electron chi connectivity index (χ4n) is 2.52. The first-order valence-electron chi connectivity index (χ1n) is 6.97. The molecule has 0 saturated carbocycles. The van der Waals surface area contributed by atoms with Crippen LogP contribution in [0, 0.1) is 20.8 Å². The van der Waals surface area contributed by atoms with Gasteiger partial charge >= 0.3 is 0 Å². The molecule has 1 aromatic rings. The van der Waals surface area contributed by atoms with Crippen molar-refractivity contribution in [2.45, 2.75) is 53.0 Å². The molecule has 0 aliphatic rings. The summed E-state index contributed by atoms with van der Waals surface area (Å²) in [7, 11) is 0. The number of hydrogen-bond donors (Lipinski definition) is 1. The second kappa shape index (κ2) is 7.85. The van der Waals surface area contributed by atoms with Gasteiger partial charge in [0.15, 0.2) is 0 Å². The predicted molar refractivity (Wildman–Crippen MR) is 84.4 cm³/mol. The number of rotatable bonds is 7. The lowest BCUT2D eigenvalue weighted by molar-refractivity contribution is 0.774. The Balaban J connectivity index is 2.53. The molecule has 2 N–H and O–H groups in total. The van der Waals surface area contributed by atoms with Crippen LogP contribution in [0.2, 0.25) is 0 Å². The highest BCUT2D eigenvalue weighted by Gasteiger charge is 2.12. The second-order valence-electron chi connectivity index (χ2n) is 5.20. The van der Waals surface area contributed by atoms with Crippen molar-refractivity contribution < 1.29 is 0 Å². The van der Waals surface area contributed by atoms with Crippen molar-refractivity contribution in [1.29, 1.82) is 0 Å². The van der Waals surface area contributed by atoms with E-state index in [0.717, 1.165) is 5.75 Å². The molecule has 0 saturated heterocycles. The van der Waals surface area contributed by atoms with Gasteiger partial charge in [-0.1, -0.05) is 37.5 Å². The molecular weight excluding hydrogens is 238 g/mol. The highest BCUT2D eigenvalue weighted by molar-refractivity contribution is 7.99. The Morgan fingerprint density at radius 1 is 1.11 bits per heavy atom. The molecule has 1 atom stereocenters. The molecule has 1 rings (SSSR count). The Labute approximate surface area is 117 Å². The van der Waals surface area contributed by atoms with E-state index in [1.807, 2.05) is 11.8 Å². The Morgan fingerprint density at radius 3 is 2.28 bits per heavy atom.